The van der Waals surface area contributed by atoms with Gasteiger partial charge in [0.1, 0.15) is 6.23 Å². The van der Waals surface area contributed by atoms with Gasteiger partial charge in [-0.3, -0.25) is 10.1 Å². The fourth-order valence-electron chi connectivity index (χ4n) is 1.78. The highest BCUT2D eigenvalue weighted by Crippen LogP contribution is 2.22. The van der Waals surface area contributed by atoms with Gasteiger partial charge >= 0.3 is 0 Å². The molecule has 1 aromatic heterocycles. The second-order valence-corrected chi connectivity index (χ2v) is 4.07. The van der Waals surface area contributed by atoms with E-state index in [9.17, 15) is 10.1 Å². The van der Waals surface area contributed by atoms with Crippen LogP contribution < -0.4 is 0 Å². The van der Waals surface area contributed by atoms with Crippen molar-refractivity contribution in [2.24, 2.45) is 0 Å². The summed E-state index contributed by atoms with van der Waals surface area (Å²) in [6.07, 6.45) is 3.45. The van der Waals surface area contributed by atoms with Crippen molar-refractivity contribution in [2.45, 2.75) is 20.1 Å². The van der Waals surface area contributed by atoms with E-state index in [0.717, 1.165) is 11.1 Å². The van der Waals surface area contributed by atoms with Crippen molar-refractivity contribution in [3.63, 3.8) is 0 Å². The largest absolute Gasteiger partial charge is 0.357 e. The maximum atomic E-state index is 10.6. The van der Waals surface area contributed by atoms with E-state index in [1.54, 1.807) is 23.0 Å². The van der Waals surface area contributed by atoms with Crippen LogP contribution >= 0.6 is 0 Å². The fourth-order valence-corrected chi connectivity index (χ4v) is 1.78. The van der Waals surface area contributed by atoms with E-state index in [1.807, 2.05) is 20.0 Å². The van der Waals surface area contributed by atoms with Gasteiger partial charge in [0.2, 0.25) is 0 Å². The van der Waals surface area contributed by atoms with Gasteiger partial charge in [-0.1, -0.05) is 0 Å². The van der Waals surface area contributed by atoms with Gasteiger partial charge in [0, 0.05) is 30.5 Å². The molecule has 0 aliphatic rings. The summed E-state index contributed by atoms with van der Waals surface area (Å²) in [5, 5.41) is 14.8. The van der Waals surface area contributed by atoms with E-state index >= 15 is 0 Å². The van der Waals surface area contributed by atoms with Gasteiger partial charge in [0.15, 0.2) is 0 Å². The Morgan fingerprint density at radius 1 is 1.37 bits per heavy atom. The molecule has 0 bridgehead atoms. The molecule has 19 heavy (non-hydrogen) atoms. The van der Waals surface area contributed by atoms with Gasteiger partial charge in [0.25, 0.3) is 5.69 Å². The molecule has 0 aliphatic carbocycles. The maximum Gasteiger partial charge on any atom is 0.269 e. The minimum atomic E-state index is -0.412. The van der Waals surface area contributed by atoms with Crippen LogP contribution in [0.4, 0.5) is 5.69 Å². The van der Waals surface area contributed by atoms with Gasteiger partial charge < -0.3 is 4.74 Å². The molecule has 2 aromatic rings. The molecule has 0 aliphatic heterocycles. The van der Waals surface area contributed by atoms with Gasteiger partial charge in [-0.25, -0.2) is 4.68 Å². The Labute approximate surface area is 110 Å². The number of hydrogen-bond acceptors (Lipinski definition) is 4. The molecule has 1 unspecified atom stereocenters. The minimum absolute atomic E-state index is 0.0822. The average molecular weight is 261 g/mol. The lowest BCUT2D eigenvalue weighted by molar-refractivity contribution is -0.384. The first-order valence-electron chi connectivity index (χ1n) is 6.02. The number of non-ortho nitro benzene ring substituents is 1. The molecule has 100 valence electrons. The van der Waals surface area contributed by atoms with E-state index in [1.165, 1.54) is 12.1 Å². The smallest absolute Gasteiger partial charge is 0.269 e. The van der Waals surface area contributed by atoms with Crippen molar-refractivity contribution in [1.29, 1.82) is 0 Å². The highest BCUT2D eigenvalue weighted by atomic mass is 16.6. The Hall–Kier alpha value is -2.21. The molecule has 1 heterocycles. The quantitative estimate of drug-likeness (QED) is 0.612. The molecule has 6 heteroatoms. The first-order chi connectivity index (χ1) is 9.11. The van der Waals surface area contributed by atoms with Crippen LogP contribution in [-0.4, -0.2) is 21.3 Å². The molecule has 0 amide bonds. The van der Waals surface area contributed by atoms with Gasteiger partial charge in [0.05, 0.1) is 11.1 Å². The zero-order valence-corrected chi connectivity index (χ0v) is 10.8. The summed E-state index contributed by atoms with van der Waals surface area (Å²) in [7, 11) is 0. The van der Waals surface area contributed by atoms with Crippen LogP contribution in [0, 0.1) is 10.1 Å². The highest BCUT2D eigenvalue weighted by molar-refractivity contribution is 5.63. The lowest BCUT2D eigenvalue weighted by Crippen LogP contribution is -2.09. The molecule has 0 radical (unpaired) electrons. The van der Waals surface area contributed by atoms with Crippen LogP contribution in [0.15, 0.2) is 36.7 Å². The summed E-state index contributed by atoms with van der Waals surface area (Å²) in [4.78, 5) is 10.2. The summed E-state index contributed by atoms with van der Waals surface area (Å²) >= 11 is 0. The molecule has 1 aromatic carbocycles. The molecular weight excluding hydrogens is 246 g/mol. The molecule has 0 fully saturated rings. The number of nitro benzene ring substituents is 1. The predicted molar refractivity (Wildman–Crippen MR) is 70.7 cm³/mol. The number of benzene rings is 1. The van der Waals surface area contributed by atoms with Crippen LogP contribution in [0.1, 0.15) is 20.1 Å². The lowest BCUT2D eigenvalue weighted by atomic mass is 10.1. The number of nitrogens with zero attached hydrogens (tertiary/aromatic N) is 3. The molecule has 0 saturated carbocycles. The third-order valence-electron chi connectivity index (χ3n) is 2.79. The number of hydrogen-bond donors (Lipinski definition) is 0. The fraction of sp³-hybridized carbons (Fsp3) is 0.308. The predicted octanol–water partition coefficient (Wildman–Crippen LogP) is 3.01. The first kappa shape index (κ1) is 13.2. The Balaban J connectivity index is 2.20. The molecular formula is C13H15N3O3. The van der Waals surface area contributed by atoms with Gasteiger partial charge in [-0.05, 0) is 31.5 Å². The molecule has 1 atom stereocenters. The Morgan fingerprint density at radius 3 is 2.63 bits per heavy atom. The number of rotatable bonds is 5. The van der Waals surface area contributed by atoms with Crippen LogP contribution in [0.5, 0.6) is 0 Å². The van der Waals surface area contributed by atoms with Crippen LogP contribution in [0.25, 0.3) is 11.1 Å². The zero-order valence-electron chi connectivity index (χ0n) is 10.8. The number of nitro groups is 1. The third-order valence-corrected chi connectivity index (χ3v) is 2.79. The standard InChI is InChI=1S/C13H15N3O3/c1-3-19-10(2)15-9-12(8-14-15)11-4-6-13(7-5-11)16(17)18/h4-10H,3H2,1-2H3. The van der Waals surface area contributed by atoms with Crippen molar-refractivity contribution in [2.75, 3.05) is 6.61 Å². The van der Waals surface area contributed by atoms with Crippen molar-refractivity contribution in [1.82, 2.24) is 9.78 Å². The molecule has 2 rings (SSSR count). The SMILES string of the molecule is CCOC(C)n1cc(-c2ccc([N+](=O)[O-])cc2)cn1. The summed E-state index contributed by atoms with van der Waals surface area (Å²) in [5.41, 5.74) is 1.88. The van der Waals surface area contributed by atoms with E-state index in [-0.39, 0.29) is 11.9 Å². The minimum Gasteiger partial charge on any atom is -0.357 e. The number of ether oxygens (including phenoxy) is 1. The molecule has 0 N–H and O–H groups in total. The number of aromatic nitrogens is 2. The van der Waals surface area contributed by atoms with Crippen molar-refractivity contribution in [3.8, 4) is 11.1 Å². The topological polar surface area (TPSA) is 70.2 Å². The normalized spacial score (nSPS) is 12.3. The Kier molecular flexibility index (Phi) is 3.91. The van der Waals surface area contributed by atoms with E-state index in [4.69, 9.17) is 4.74 Å². The van der Waals surface area contributed by atoms with Gasteiger partial charge in [-0.2, -0.15) is 5.10 Å². The third kappa shape index (κ3) is 2.97. The maximum absolute atomic E-state index is 10.6. The first-order valence-corrected chi connectivity index (χ1v) is 6.02. The average Bonchev–Trinajstić information content (AvgIpc) is 2.89. The summed E-state index contributed by atoms with van der Waals surface area (Å²) in [6, 6.07) is 6.40. The zero-order chi connectivity index (χ0) is 13.8. The lowest BCUT2D eigenvalue weighted by Gasteiger charge is -2.11. The van der Waals surface area contributed by atoms with E-state index in [0.29, 0.717) is 6.61 Å². The monoisotopic (exact) mass is 261 g/mol. The van der Waals surface area contributed by atoms with E-state index in [2.05, 4.69) is 5.10 Å². The van der Waals surface area contributed by atoms with Crippen molar-refractivity contribution < 1.29 is 9.66 Å². The second kappa shape index (κ2) is 5.62. The van der Waals surface area contributed by atoms with Crippen LogP contribution in [-0.2, 0) is 4.74 Å². The van der Waals surface area contributed by atoms with E-state index < -0.39 is 4.92 Å². The Bertz CT molecular complexity index is 563. The molecule has 0 saturated heterocycles. The summed E-state index contributed by atoms with van der Waals surface area (Å²) in [5.74, 6) is 0. The summed E-state index contributed by atoms with van der Waals surface area (Å²) in [6.45, 7) is 4.46. The van der Waals surface area contributed by atoms with Crippen LogP contribution in [0.2, 0.25) is 0 Å². The van der Waals surface area contributed by atoms with Crippen molar-refractivity contribution >= 4 is 5.69 Å². The highest BCUT2D eigenvalue weighted by Gasteiger charge is 2.09. The van der Waals surface area contributed by atoms with Crippen LogP contribution in [0.3, 0.4) is 0 Å². The Morgan fingerprint density at radius 2 is 2.05 bits per heavy atom. The second-order valence-electron chi connectivity index (χ2n) is 4.07. The van der Waals surface area contributed by atoms with Crippen molar-refractivity contribution in [3.05, 3.63) is 46.8 Å². The van der Waals surface area contributed by atoms with Gasteiger partial charge in [-0.15, -0.1) is 0 Å². The molecule has 0 spiro atoms. The summed E-state index contributed by atoms with van der Waals surface area (Å²) < 4.78 is 7.16. The molecule has 6 nitrogen and oxygen atoms in total.